The third-order valence-electron chi connectivity index (χ3n) is 3.52. The second kappa shape index (κ2) is 8.68. The number of pyridine rings is 1. The fourth-order valence-electron chi connectivity index (χ4n) is 2.35. The summed E-state index contributed by atoms with van der Waals surface area (Å²) in [5.74, 6) is 0.853. The maximum atomic E-state index is 4.66. The number of benzene rings is 1. The van der Waals surface area contributed by atoms with Crippen molar-refractivity contribution in [2.45, 2.75) is 13.1 Å². The van der Waals surface area contributed by atoms with E-state index in [2.05, 4.69) is 27.4 Å². The molecule has 0 bridgehead atoms. The Morgan fingerprint density at radius 3 is 2.58 bits per heavy atom. The van der Waals surface area contributed by atoms with E-state index < -0.39 is 0 Å². The Balaban J connectivity index is 0.00000208. The lowest BCUT2D eigenvalue weighted by molar-refractivity contribution is 0.577. The monoisotopic (exact) mass is 435 g/mol. The highest BCUT2D eigenvalue weighted by Gasteiger charge is 2.05. The highest BCUT2D eigenvalue weighted by atomic mass is 127. The third-order valence-corrected chi connectivity index (χ3v) is 3.52. The Bertz CT molecular complexity index is 762. The smallest absolute Gasteiger partial charge is 0.194 e. The van der Waals surface area contributed by atoms with Crippen molar-refractivity contribution in [1.29, 1.82) is 0 Å². The number of fused-ring (bicyclic) bond motifs is 1. The third kappa shape index (κ3) is 4.70. The minimum Gasteiger partial charge on any atom is -0.351 e. The lowest BCUT2D eigenvalue weighted by atomic mass is 10.2. The summed E-state index contributed by atoms with van der Waals surface area (Å²) in [6.07, 6.45) is 4.04. The summed E-state index contributed by atoms with van der Waals surface area (Å²) in [7, 11) is 3.97. The molecule has 0 unspecified atom stereocenters. The second-order valence-corrected chi connectivity index (χ2v) is 5.57. The molecule has 3 rings (SSSR count). The van der Waals surface area contributed by atoms with Gasteiger partial charge in [0.25, 0.3) is 0 Å². The number of rotatable bonds is 4. The van der Waals surface area contributed by atoms with Crippen molar-refractivity contribution >= 4 is 35.6 Å². The van der Waals surface area contributed by atoms with Gasteiger partial charge in [0.2, 0.25) is 0 Å². The minimum atomic E-state index is 0. The minimum absolute atomic E-state index is 0. The van der Waals surface area contributed by atoms with Crippen LogP contribution in [0.25, 0.3) is 5.65 Å². The molecule has 2 heterocycles. The molecule has 24 heavy (non-hydrogen) atoms. The molecule has 1 aromatic carbocycles. The van der Waals surface area contributed by atoms with Crippen LogP contribution in [0.2, 0.25) is 0 Å². The summed E-state index contributed by atoms with van der Waals surface area (Å²) < 4.78 is 2.02. The van der Waals surface area contributed by atoms with Gasteiger partial charge in [-0.1, -0.05) is 36.4 Å². The molecule has 0 radical (unpaired) electrons. The second-order valence-electron chi connectivity index (χ2n) is 5.57. The Hall–Kier alpha value is -2.09. The summed E-state index contributed by atoms with van der Waals surface area (Å²) in [5, 5.41) is 3.37. The van der Waals surface area contributed by atoms with Crippen LogP contribution in [-0.4, -0.2) is 34.3 Å². The Kier molecular flexibility index (Phi) is 6.60. The summed E-state index contributed by atoms with van der Waals surface area (Å²) in [5.41, 5.74) is 3.14. The van der Waals surface area contributed by atoms with Crippen LogP contribution in [0.3, 0.4) is 0 Å². The predicted octanol–water partition coefficient (Wildman–Crippen LogP) is 3.16. The van der Waals surface area contributed by atoms with E-state index in [4.69, 9.17) is 0 Å². The maximum absolute atomic E-state index is 4.66. The Morgan fingerprint density at radius 1 is 1.12 bits per heavy atom. The quantitative estimate of drug-likeness (QED) is 0.389. The van der Waals surface area contributed by atoms with E-state index in [9.17, 15) is 0 Å². The lowest BCUT2D eigenvalue weighted by Gasteiger charge is -2.17. The first-order chi connectivity index (χ1) is 11.2. The van der Waals surface area contributed by atoms with Crippen LogP contribution in [0.1, 0.15) is 11.3 Å². The van der Waals surface area contributed by atoms with Crippen molar-refractivity contribution in [3.8, 4) is 0 Å². The van der Waals surface area contributed by atoms with Crippen LogP contribution in [0.15, 0.2) is 65.9 Å². The molecule has 0 amide bonds. The summed E-state index contributed by atoms with van der Waals surface area (Å²) in [6.45, 7) is 1.31. The molecular formula is C18H22IN5. The van der Waals surface area contributed by atoms with Crippen LogP contribution < -0.4 is 5.32 Å². The van der Waals surface area contributed by atoms with Gasteiger partial charge in [0.15, 0.2) is 5.96 Å². The number of aliphatic imine (C=N–C) groups is 1. The van der Waals surface area contributed by atoms with E-state index >= 15 is 0 Å². The lowest BCUT2D eigenvalue weighted by Crippen LogP contribution is -2.36. The first-order valence-electron chi connectivity index (χ1n) is 7.64. The number of hydrogen-bond acceptors (Lipinski definition) is 2. The summed E-state index contributed by atoms with van der Waals surface area (Å²) in [6, 6.07) is 16.2. The van der Waals surface area contributed by atoms with Gasteiger partial charge < -0.3 is 14.6 Å². The summed E-state index contributed by atoms with van der Waals surface area (Å²) >= 11 is 0. The van der Waals surface area contributed by atoms with Crippen molar-refractivity contribution in [3.05, 3.63) is 72.2 Å². The average Bonchev–Trinajstić information content (AvgIpc) is 2.98. The number of hydrogen-bond donors (Lipinski definition) is 1. The fourth-order valence-corrected chi connectivity index (χ4v) is 2.35. The highest BCUT2D eigenvalue weighted by Crippen LogP contribution is 2.05. The van der Waals surface area contributed by atoms with Crippen LogP contribution in [0.5, 0.6) is 0 Å². The van der Waals surface area contributed by atoms with E-state index in [0.29, 0.717) is 13.1 Å². The van der Waals surface area contributed by atoms with E-state index in [1.165, 1.54) is 5.56 Å². The van der Waals surface area contributed by atoms with Gasteiger partial charge in [-0.2, -0.15) is 0 Å². The van der Waals surface area contributed by atoms with Gasteiger partial charge in [0.1, 0.15) is 5.65 Å². The maximum Gasteiger partial charge on any atom is 0.194 e. The number of halogens is 1. The molecule has 5 nitrogen and oxygen atoms in total. The number of imidazole rings is 1. The van der Waals surface area contributed by atoms with E-state index in [0.717, 1.165) is 17.3 Å². The van der Waals surface area contributed by atoms with Crippen LogP contribution in [0, 0.1) is 0 Å². The van der Waals surface area contributed by atoms with Gasteiger partial charge in [-0.25, -0.2) is 9.98 Å². The highest BCUT2D eigenvalue weighted by molar-refractivity contribution is 14.0. The molecule has 6 heteroatoms. The molecule has 0 aliphatic carbocycles. The SMILES string of the molecule is CN(C)C(=NCc1ccccc1)NCc1cn2ccccc2n1.I. The zero-order valence-corrected chi connectivity index (χ0v) is 16.2. The van der Waals surface area contributed by atoms with Crippen LogP contribution in [-0.2, 0) is 13.1 Å². The molecule has 0 atom stereocenters. The number of nitrogens with one attached hydrogen (secondary N) is 1. The standard InChI is InChI=1S/C18H21N5.HI/c1-22(2)18(19-12-15-8-4-3-5-9-15)20-13-16-14-23-11-7-6-10-17(23)21-16;/h3-11,14H,12-13H2,1-2H3,(H,19,20);1H. The molecule has 0 spiro atoms. The molecular weight excluding hydrogens is 413 g/mol. The average molecular weight is 435 g/mol. The molecule has 126 valence electrons. The van der Waals surface area contributed by atoms with Crippen LogP contribution >= 0.6 is 24.0 Å². The molecule has 2 aromatic heterocycles. The normalized spacial score (nSPS) is 11.2. The molecule has 0 aliphatic heterocycles. The predicted molar refractivity (Wildman–Crippen MR) is 109 cm³/mol. The van der Waals surface area contributed by atoms with E-state index in [1.807, 2.05) is 72.2 Å². The Labute approximate surface area is 159 Å². The van der Waals surface area contributed by atoms with Crippen molar-refractivity contribution < 1.29 is 0 Å². The van der Waals surface area contributed by atoms with Gasteiger partial charge in [0.05, 0.1) is 18.8 Å². The molecule has 0 aliphatic rings. The topological polar surface area (TPSA) is 44.9 Å². The van der Waals surface area contributed by atoms with Gasteiger partial charge in [0, 0.05) is 26.5 Å². The van der Waals surface area contributed by atoms with E-state index in [-0.39, 0.29) is 24.0 Å². The van der Waals surface area contributed by atoms with Gasteiger partial charge >= 0.3 is 0 Å². The van der Waals surface area contributed by atoms with Crippen molar-refractivity contribution in [2.75, 3.05) is 14.1 Å². The van der Waals surface area contributed by atoms with Gasteiger partial charge in [-0.15, -0.1) is 24.0 Å². The van der Waals surface area contributed by atoms with Gasteiger partial charge in [-0.05, 0) is 17.7 Å². The van der Waals surface area contributed by atoms with Crippen LogP contribution in [0.4, 0.5) is 0 Å². The van der Waals surface area contributed by atoms with Gasteiger partial charge in [-0.3, -0.25) is 0 Å². The number of nitrogens with zero attached hydrogens (tertiary/aromatic N) is 4. The fraction of sp³-hybridized carbons (Fsp3) is 0.222. The molecule has 0 fully saturated rings. The molecule has 0 saturated carbocycles. The van der Waals surface area contributed by atoms with Crippen molar-refractivity contribution in [2.24, 2.45) is 4.99 Å². The molecule has 0 saturated heterocycles. The molecule has 1 N–H and O–H groups in total. The van der Waals surface area contributed by atoms with Crippen molar-refractivity contribution in [3.63, 3.8) is 0 Å². The Morgan fingerprint density at radius 2 is 1.88 bits per heavy atom. The summed E-state index contributed by atoms with van der Waals surface area (Å²) in [4.78, 5) is 11.2. The largest absolute Gasteiger partial charge is 0.351 e. The number of aromatic nitrogens is 2. The first-order valence-corrected chi connectivity index (χ1v) is 7.64. The molecule has 3 aromatic rings. The zero-order valence-electron chi connectivity index (χ0n) is 13.9. The number of guanidine groups is 1. The van der Waals surface area contributed by atoms with E-state index in [1.54, 1.807) is 0 Å². The first kappa shape index (κ1) is 18.3. The zero-order chi connectivity index (χ0) is 16.1. The van der Waals surface area contributed by atoms with Crippen molar-refractivity contribution in [1.82, 2.24) is 19.6 Å².